The summed E-state index contributed by atoms with van der Waals surface area (Å²) >= 11 is 0. The Labute approximate surface area is 104 Å². The number of nitrogens with one attached hydrogen (secondary N) is 1. The number of halogens is 2. The molecule has 0 aliphatic rings. The fourth-order valence-corrected chi connectivity index (χ4v) is 1.36. The zero-order valence-electron chi connectivity index (χ0n) is 10.1. The van der Waals surface area contributed by atoms with Crippen molar-refractivity contribution < 1.29 is 18.3 Å². The molecule has 1 aromatic carbocycles. The van der Waals surface area contributed by atoms with E-state index in [-0.39, 0.29) is 6.54 Å². The molecule has 98 valence electrons. The summed E-state index contributed by atoms with van der Waals surface area (Å²) in [7, 11) is 0.935. The van der Waals surface area contributed by atoms with Gasteiger partial charge in [-0.15, -0.1) is 0 Å². The number of hydrogen-bond acceptors (Lipinski definition) is 3. The van der Waals surface area contributed by atoms with Gasteiger partial charge in [-0.2, -0.15) is 8.78 Å². The van der Waals surface area contributed by atoms with E-state index in [4.69, 9.17) is 0 Å². The second-order valence-corrected chi connectivity index (χ2v) is 3.75. The minimum absolute atomic E-state index is 0.254. The molecule has 0 heterocycles. The number of esters is 1. The van der Waals surface area contributed by atoms with Gasteiger partial charge in [-0.3, -0.25) is 0 Å². The molecule has 3 nitrogen and oxygen atoms in total. The van der Waals surface area contributed by atoms with Gasteiger partial charge in [0.25, 0.3) is 0 Å². The van der Waals surface area contributed by atoms with Crippen LogP contribution >= 0.6 is 0 Å². The van der Waals surface area contributed by atoms with Gasteiger partial charge in [0.15, 0.2) is 0 Å². The molecule has 1 aromatic rings. The number of carbonyl (C=O) groups is 1. The van der Waals surface area contributed by atoms with Crippen LogP contribution < -0.4 is 5.32 Å². The predicted molar refractivity (Wildman–Crippen MR) is 65.2 cm³/mol. The number of benzene rings is 1. The van der Waals surface area contributed by atoms with Crippen LogP contribution in [0, 0.1) is 0 Å². The van der Waals surface area contributed by atoms with Crippen LogP contribution in [0.2, 0.25) is 0 Å². The lowest BCUT2D eigenvalue weighted by atomic mass is 10.1. The molecule has 0 aromatic heterocycles. The first-order valence-corrected chi connectivity index (χ1v) is 5.38. The van der Waals surface area contributed by atoms with Crippen molar-refractivity contribution in [3.8, 4) is 0 Å². The minimum Gasteiger partial charge on any atom is -0.465 e. The predicted octanol–water partition coefficient (Wildman–Crippen LogP) is 2.23. The molecule has 0 fully saturated rings. The molecule has 0 aliphatic carbocycles. The van der Waals surface area contributed by atoms with Crippen molar-refractivity contribution in [1.82, 2.24) is 5.32 Å². The third-order valence-corrected chi connectivity index (χ3v) is 2.38. The summed E-state index contributed by atoms with van der Waals surface area (Å²) in [5.74, 6) is -5.03. The van der Waals surface area contributed by atoms with Crippen LogP contribution in [0.25, 0.3) is 6.08 Å². The zero-order valence-corrected chi connectivity index (χ0v) is 10.1. The normalized spacial score (nSPS) is 11.1. The summed E-state index contributed by atoms with van der Waals surface area (Å²) in [6.07, 6.45) is 1.70. The summed E-state index contributed by atoms with van der Waals surface area (Å²) in [5, 5.41) is 2.52. The van der Waals surface area contributed by atoms with Gasteiger partial charge in [-0.05, 0) is 11.1 Å². The first-order valence-electron chi connectivity index (χ1n) is 5.38. The van der Waals surface area contributed by atoms with E-state index < -0.39 is 18.4 Å². The third kappa shape index (κ3) is 3.92. The van der Waals surface area contributed by atoms with E-state index in [1.54, 1.807) is 18.2 Å². The lowest BCUT2D eigenvalue weighted by Gasteiger charge is -2.14. The number of rotatable bonds is 6. The highest BCUT2D eigenvalue weighted by atomic mass is 19.3. The summed E-state index contributed by atoms with van der Waals surface area (Å²) in [6.45, 7) is 3.12. The van der Waals surface area contributed by atoms with Crippen molar-refractivity contribution in [3.05, 3.63) is 42.0 Å². The highest BCUT2D eigenvalue weighted by Gasteiger charge is 2.39. The van der Waals surface area contributed by atoms with E-state index in [9.17, 15) is 13.6 Å². The second-order valence-electron chi connectivity index (χ2n) is 3.75. The first kappa shape index (κ1) is 14.3. The molecule has 1 N–H and O–H groups in total. The Hall–Kier alpha value is -1.75. The third-order valence-electron chi connectivity index (χ3n) is 2.38. The molecule has 0 amide bonds. The average Bonchev–Trinajstić information content (AvgIpc) is 2.38. The van der Waals surface area contributed by atoms with Crippen LogP contribution in [0.15, 0.2) is 30.8 Å². The van der Waals surface area contributed by atoms with Crippen LogP contribution in [0.5, 0.6) is 0 Å². The van der Waals surface area contributed by atoms with Crippen LogP contribution in [-0.2, 0) is 16.1 Å². The van der Waals surface area contributed by atoms with Crippen molar-refractivity contribution in [2.45, 2.75) is 12.5 Å². The molecule has 0 saturated heterocycles. The maximum absolute atomic E-state index is 13.1. The minimum atomic E-state index is -3.50. The van der Waals surface area contributed by atoms with Gasteiger partial charge in [0.1, 0.15) is 0 Å². The largest absolute Gasteiger partial charge is 0.465 e. The number of methoxy groups -OCH3 is 1. The van der Waals surface area contributed by atoms with Gasteiger partial charge in [0.05, 0.1) is 13.7 Å². The van der Waals surface area contributed by atoms with Gasteiger partial charge < -0.3 is 10.1 Å². The van der Waals surface area contributed by atoms with Gasteiger partial charge in [0, 0.05) is 6.54 Å². The quantitative estimate of drug-likeness (QED) is 0.792. The Morgan fingerprint density at radius 2 is 2.06 bits per heavy atom. The molecule has 5 heteroatoms. The fraction of sp³-hybridized carbons (Fsp3) is 0.308. The zero-order chi connectivity index (χ0) is 13.6. The van der Waals surface area contributed by atoms with E-state index in [0.29, 0.717) is 0 Å². The molecule has 0 spiro atoms. The summed E-state index contributed by atoms with van der Waals surface area (Å²) in [4.78, 5) is 10.7. The number of ether oxygens (including phenoxy) is 1. The number of alkyl halides is 2. The highest BCUT2D eigenvalue weighted by molar-refractivity contribution is 5.77. The van der Waals surface area contributed by atoms with Crippen molar-refractivity contribution in [3.63, 3.8) is 0 Å². The van der Waals surface area contributed by atoms with Gasteiger partial charge >= 0.3 is 11.9 Å². The summed E-state index contributed by atoms with van der Waals surface area (Å²) < 4.78 is 30.2. The van der Waals surface area contributed by atoms with Gasteiger partial charge in [-0.1, -0.05) is 36.9 Å². The molecule has 0 radical (unpaired) electrons. The molecule has 0 unspecified atom stereocenters. The van der Waals surface area contributed by atoms with Crippen molar-refractivity contribution in [1.29, 1.82) is 0 Å². The van der Waals surface area contributed by atoms with Crippen LogP contribution in [0.1, 0.15) is 11.1 Å². The van der Waals surface area contributed by atoms with Crippen molar-refractivity contribution in [2.75, 3.05) is 13.7 Å². The van der Waals surface area contributed by atoms with Crippen LogP contribution in [0.4, 0.5) is 8.78 Å². The molecular weight excluding hydrogens is 240 g/mol. The average molecular weight is 255 g/mol. The Kier molecular flexibility index (Phi) is 4.97. The van der Waals surface area contributed by atoms with E-state index in [2.05, 4.69) is 16.6 Å². The molecular formula is C13H15F2NO2. The fourth-order valence-electron chi connectivity index (χ4n) is 1.36. The smallest absolute Gasteiger partial charge is 0.378 e. The molecule has 0 bridgehead atoms. The topological polar surface area (TPSA) is 38.3 Å². The molecule has 18 heavy (non-hydrogen) atoms. The Morgan fingerprint density at radius 1 is 1.44 bits per heavy atom. The summed E-state index contributed by atoms with van der Waals surface area (Å²) in [5.41, 5.74) is 1.81. The Morgan fingerprint density at radius 3 is 2.56 bits per heavy atom. The maximum Gasteiger partial charge on any atom is 0.378 e. The summed E-state index contributed by atoms with van der Waals surface area (Å²) in [6, 6.07) is 7.28. The van der Waals surface area contributed by atoms with E-state index in [0.717, 1.165) is 18.2 Å². The lowest BCUT2D eigenvalue weighted by molar-refractivity contribution is -0.167. The van der Waals surface area contributed by atoms with Crippen molar-refractivity contribution >= 4 is 12.0 Å². The molecule has 0 atom stereocenters. The van der Waals surface area contributed by atoms with Crippen LogP contribution in [-0.4, -0.2) is 25.5 Å². The highest BCUT2D eigenvalue weighted by Crippen LogP contribution is 2.14. The van der Waals surface area contributed by atoms with Gasteiger partial charge in [-0.25, -0.2) is 4.79 Å². The number of carbonyl (C=O) groups excluding carboxylic acids is 1. The monoisotopic (exact) mass is 255 g/mol. The number of hydrogen-bond donors (Lipinski definition) is 1. The van der Waals surface area contributed by atoms with E-state index >= 15 is 0 Å². The molecule has 0 aliphatic heterocycles. The first-order chi connectivity index (χ1) is 8.49. The lowest BCUT2D eigenvalue weighted by Crippen LogP contribution is -2.40. The van der Waals surface area contributed by atoms with Crippen molar-refractivity contribution in [2.24, 2.45) is 0 Å². The van der Waals surface area contributed by atoms with Gasteiger partial charge in [0.2, 0.25) is 0 Å². The molecule has 0 saturated carbocycles. The van der Waals surface area contributed by atoms with E-state index in [1.165, 1.54) is 0 Å². The second kappa shape index (κ2) is 6.26. The standard InChI is InChI=1S/C13H15F2NO2/c1-3-10-4-6-11(7-5-10)8-16-9-13(14,15)12(17)18-2/h3-7,16H,1,8-9H2,2H3. The van der Waals surface area contributed by atoms with Crippen LogP contribution in [0.3, 0.4) is 0 Å². The SMILES string of the molecule is C=Cc1ccc(CNCC(F)(F)C(=O)OC)cc1. The Balaban J connectivity index is 2.45. The molecule has 1 rings (SSSR count). The maximum atomic E-state index is 13.1. The van der Waals surface area contributed by atoms with E-state index in [1.807, 2.05) is 12.1 Å². The Bertz CT molecular complexity index is 416.